The van der Waals surface area contributed by atoms with E-state index in [0.717, 1.165) is 18.9 Å². The summed E-state index contributed by atoms with van der Waals surface area (Å²) in [5.74, 6) is 0.973. The fourth-order valence-electron chi connectivity index (χ4n) is 2.95. The van der Waals surface area contributed by atoms with Gasteiger partial charge in [0, 0.05) is 6.04 Å². The zero-order chi connectivity index (χ0) is 9.80. The van der Waals surface area contributed by atoms with Gasteiger partial charge in [-0.15, -0.1) is 0 Å². The van der Waals surface area contributed by atoms with Gasteiger partial charge in [0.1, 0.15) is 0 Å². The van der Waals surface area contributed by atoms with Crippen molar-refractivity contribution in [3.8, 4) is 0 Å². The zero-order valence-electron chi connectivity index (χ0n) is 9.04. The summed E-state index contributed by atoms with van der Waals surface area (Å²) in [7, 11) is 0. The Morgan fingerprint density at radius 2 is 1.79 bits per heavy atom. The zero-order valence-corrected chi connectivity index (χ0v) is 9.04. The molecule has 14 heavy (non-hydrogen) atoms. The summed E-state index contributed by atoms with van der Waals surface area (Å²) in [6, 6.07) is 0.399. The van der Waals surface area contributed by atoms with Crippen LogP contribution in [0.25, 0.3) is 0 Å². The van der Waals surface area contributed by atoms with Crippen LogP contribution < -0.4 is 5.32 Å². The molecule has 0 unspecified atom stereocenters. The van der Waals surface area contributed by atoms with Gasteiger partial charge in [0.05, 0.1) is 6.10 Å². The summed E-state index contributed by atoms with van der Waals surface area (Å²) in [6.07, 6.45) is 10.4. The van der Waals surface area contributed by atoms with Gasteiger partial charge in [-0.3, -0.25) is 0 Å². The molecule has 2 nitrogen and oxygen atoms in total. The largest absolute Gasteiger partial charge is 0.392 e. The molecule has 0 radical (unpaired) electrons. The summed E-state index contributed by atoms with van der Waals surface area (Å²) in [5.41, 5.74) is 0. The predicted molar refractivity (Wildman–Crippen MR) is 58.2 cm³/mol. The van der Waals surface area contributed by atoms with E-state index < -0.39 is 0 Å². The van der Waals surface area contributed by atoms with Crippen molar-refractivity contribution in [2.75, 3.05) is 6.54 Å². The minimum Gasteiger partial charge on any atom is -0.392 e. The van der Waals surface area contributed by atoms with E-state index in [2.05, 4.69) is 5.32 Å². The van der Waals surface area contributed by atoms with Crippen LogP contribution in [0.15, 0.2) is 0 Å². The van der Waals surface area contributed by atoms with E-state index in [9.17, 15) is 5.11 Å². The lowest BCUT2D eigenvalue weighted by atomic mass is 10.0. The first kappa shape index (κ1) is 10.4. The molecule has 2 atom stereocenters. The molecule has 82 valence electrons. The molecule has 0 saturated heterocycles. The maximum absolute atomic E-state index is 9.62. The topological polar surface area (TPSA) is 32.3 Å². The van der Waals surface area contributed by atoms with Crippen LogP contribution in [0.2, 0.25) is 0 Å². The van der Waals surface area contributed by atoms with Crippen molar-refractivity contribution in [1.29, 1.82) is 0 Å². The maximum Gasteiger partial charge on any atom is 0.0693 e. The molecular weight excluding hydrogens is 174 g/mol. The van der Waals surface area contributed by atoms with Crippen molar-refractivity contribution in [3.63, 3.8) is 0 Å². The maximum atomic E-state index is 9.62. The minimum absolute atomic E-state index is 0.0708. The molecule has 0 spiro atoms. The van der Waals surface area contributed by atoms with Crippen molar-refractivity contribution >= 4 is 0 Å². The van der Waals surface area contributed by atoms with Gasteiger partial charge >= 0.3 is 0 Å². The summed E-state index contributed by atoms with van der Waals surface area (Å²) in [5, 5.41) is 13.1. The number of nitrogens with one attached hydrogen (secondary N) is 1. The van der Waals surface area contributed by atoms with E-state index in [1.54, 1.807) is 0 Å². The second-order valence-corrected chi connectivity index (χ2v) is 5.00. The molecule has 0 aromatic carbocycles. The van der Waals surface area contributed by atoms with Gasteiger partial charge in [-0.1, -0.05) is 25.7 Å². The molecular formula is C12H23NO. The van der Waals surface area contributed by atoms with Crippen molar-refractivity contribution < 1.29 is 5.11 Å². The average Bonchev–Trinajstić information content (AvgIpc) is 2.78. The van der Waals surface area contributed by atoms with Crippen LogP contribution >= 0.6 is 0 Å². The second-order valence-electron chi connectivity index (χ2n) is 5.00. The van der Waals surface area contributed by atoms with Gasteiger partial charge < -0.3 is 10.4 Å². The summed E-state index contributed by atoms with van der Waals surface area (Å²) in [4.78, 5) is 0. The summed E-state index contributed by atoms with van der Waals surface area (Å²) < 4.78 is 0. The van der Waals surface area contributed by atoms with Crippen LogP contribution in [-0.2, 0) is 0 Å². The molecule has 2 rings (SSSR count). The van der Waals surface area contributed by atoms with Crippen molar-refractivity contribution in [2.24, 2.45) is 5.92 Å². The van der Waals surface area contributed by atoms with Gasteiger partial charge in [0.15, 0.2) is 0 Å². The molecule has 0 aromatic heterocycles. The van der Waals surface area contributed by atoms with Gasteiger partial charge in [-0.25, -0.2) is 0 Å². The summed E-state index contributed by atoms with van der Waals surface area (Å²) in [6.45, 7) is 1.12. The highest BCUT2D eigenvalue weighted by molar-refractivity contribution is 4.82. The molecule has 2 fully saturated rings. The lowest BCUT2D eigenvalue weighted by Gasteiger charge is -2.17. The van der Waals surface area contributed by atoms with Gasteiger partial charge in [-0.05, 0) is 38.1 Å². The fourth-order valence-corrected chi connectivity index (χ4v) is 2.95. The molecule has 2 aliphatic rings. The smallest absolute Gasteiger partial charge is 0.0693 e. The van der Waals surface area contributed by atoms with Crippen LogP contribution in [0.1, 0.15) is 51.4 Å². The molecule has 0 amide bonds. The van der Waals surface area contributed by atoms with Gasteiger partial charge in [0.25, 0.3) is 0 Å². The van der Waals surface area contributed by atoms with E-state index in [1.165, 1.54) is 44.9 Å². The van der Waals surface area contributed by atoms with Crippen molar-refractivity contribution in [1.82, 2.24) is 5.32 Å². The second kappa shape index (κ2) is 5.13. The van der Waals surface area contributed by atoms with Crippen LogP contribution in [-0.4, -0.2) is 23.8 Å². The Morgan fingerprint density at radius 3 is 2.43 bits per heavy atom. The van der Waals surface area contributed by atoms with Gasteiger partial charge in [0.2, 0.25) is 0 Å². The quantitative estimate of drug-likeness (QED) is 0.723. The predicted octanol–water partition coefficient (Wildman–Crippen LogP) is 2.07. The Morgan fingerprint density at radius 1 is 1.00 bits per heavy atom. The monoisotopic (exact) mass is 197 g/mol. The lowest BCUT2D eigenvalue weighted by molar-refractivity contribution is 0.148. The van der Waals surface area contributed by atoms with E-state index in [1.807, 2.05) is 0 Å². The first-order chi connectivity index (χ1) is 6.86. The Hall–Kier alpha value is -0.0800. The molecule has 0 aliphatic heterocycles. The van der Waals surface area contributed by atoms with Crippen LogP contribution in [0.3, 0.4) is 0 Å². The highest BCUT2D eigenvalue weighted by Gasteiger charge is 2.24. The summed E-state index contributed by atoms with van der Waals surface area (Å²) >= 11 is 0. The minimum atomic E-state index is -0.0708. The normalized spacial score (nSPS) is 34.1. The van der Waals surface area contributed by atoms with E-state index in [4.69, 9.17) is 0 Å². The van der Waals surface area contributed by atoms with Crippen LogP contribution in [0, 0.1) is 5.92 Å². The molecule has 0 aromatic rings. The Balaban J connectivity index is 1.57. The molecule has 2 heteroatoms. The van der Waals surface area contributed by atoms with Crippen LogP contribution in [0.4, 0.5) is 0 Å². The molecule has 2 saturated carbocycles. The average molecular weight is 197 g/mol. The van der Waals surface area contributed by atoms with Crippen molar-refractivity contribution in [3.05, 3.63) is 0 Å². The molecule has 0 bridgehead atoms. The first-order valence-electron chi connectivity index (χ1n) is 6.28. The number of hydrogen-bond donors (Lipinski definition) is 2. The van der Waals surface area contributed by atoms with E-state index in [-0.39, 0.29) is 6.10 Å². The highest BCUT2D eigenvalue weighted by atomic mass is 16.3. The molecule has 0 heterocycles. The highest BCUT2D eigenvalue weighted by Crippen LogP contribution is 2.27. The Labute approximate surface area is 87.1 Å². The Bertz CT molecular complexity index is 166. The third kappa shape index (κ3) is 2.71. The standard InChI is InChI=1S/C12H23NO/c14-12-7-3-6-11(12)13-9-8-10-4-1-2-5-10/h10-14H,1-9H2/t11-,12-/m0/s1. The van der Waals surface area contributed by atoms with Crippen molar-refractivity contribution in [2.45, 2.75) is 63.5 Å². The third-order valence-corrected chi connectivity index (χ3v) is 3.91. The van der Waals surface area contributed by atoms with E-state index >= 15 is 0 Å². The van der Waals surface area contributed by atoms with E-state index in [0.29, 0.717) is 6.04 Å². The van der Waals surface area contributed by atoms with Crippen LogP contribution in [0.5, 0.6) is 0 Å². The lowest BCUT2D eigenvalue weighted by Crippen LogP contribution is -2.36. The number of aliphatic hydroxyl groups is 1. The molecule has 2 aliphatic carbocycles. The first-order valence-corrected chi connectivity index (χ1v) is 6.28. The SMILES string of the molecule is O[C@H]1CCC[C@@H]1NCCC1CCCC1. The number of hydrogen-bond acceptors (Lipinski definition) is 2. The van der Waals surface area contributed by atoms with Gasteiger partial charge in [-0.2, -0.15) is 0 Å². The molecule has 2 N–H and O–H groups in total. The number of rotatable bonds is 4. The fraction of sp³-hybridized carbons (Fsp3) is 1.00. The third-order valence-electron chi connectivity index (χ3n) is 3.91. The number of aliphatic hydroxyl groups excluding tert-OH is 1. The Kier molecular flexibility index (Phi) is 3.82.